The third-order valence-corrected chi connectivity index (χ3v) is 20.8. The lowest BCUT2D eigenvalue weighted by Gasteiger charge is -2.59. The summed E-state index contributed by atoms with van der Waals surface area (Å²) < 4.78 is 19.8. The van der Waals surface area contributed by atoms with Crippen molar-refractivity contribution >= 4 is 28.4 Å². The fraction of sp³-hybridized carbons (Fsp3) is 0.818. The lowest BCUT2D eigenvalue weighted by atomic mass is 9.46. The van der Waals surface area contributed by atoms with E-state index in [2.05, 4.69) is 80.7 Å². The Balaban J connectivity index is 1.93. The Morgan fingerprint density at radius 3 is 2.17 bits per heavy atom. The van der Waals surface area contributed by atoms with Crippen LogP contribution in [0.25, 0.3) is 0 Å². The molecule has 6 nitrogen and oxygen atoms in total. The summed E-state index contributed by atoms with van der Waals surface area (Å²) in [7, 11) is -4.48. The van der Waals surface area contributed by atoms with Gasteiger partial charge in [-0.3, -0.25) is 9.59 Å². The smallest absolute Gasteiger partial charge is 0.320 e. The van der Waals surface area contributed by atoms with Gasteiger partial charge in [0, 0.05) is 30.8 Å². The topological polar surface area (TPSA) is 82.1 Å². The summed E-state index contributed by atoms with van der Waals surface area (Å²) in [5.41, 5.74) is -2.45. The Bertz CT molecular complexity index is 1160. The molecule has 5 atom stereocenters. The van der Waals surface area contributed by atoms with Crippen LogP contribution in [0.1, 0.15) is 100 Å². The van der Waals surface area contributed by atoms with Gasteiger partial charge in [-0.2, -0.15) is 0 Å². The van der Waals surface area contributed by atoms with Crippen LogP contribution in [0.2, 0.25) is 36.3 Å². The van der Waals surface area contributed by atoms with Crippen molar-refractivity contribution in [3.05, 3.63) is 23.2 Å². The zero-order chi connectivity index (χ0) is 31.0. The Morgan fingerprint density at radius 1 is 1.02 bits per heavy atom. The van der Waals surface area contributed by atoms with Crippen LogP contribution >= 0.6 is 0 Å². The van der Waals surface area contributed by atoms with Gasteiger partial charge in [-0.05, 0) is 87.8 Å². The molecule has 0 aliphatic heterocycles. The molecule has 0 aromatic heterocycles. The van der Waals surface area contributed by atoms with Crippen LogP contribution in [0.4, 0.5) is 0 Å². The van der Waals surface area contributed by atoms with Crippen LogP contribution in [-0.4, -0.2) is 45.7 Å². The number of ketones is 1. The Labute approximate surface area is 250 Å². The molecule has 232 valence electrons. The molecule has 4 aliphatic carbocycles. The van der Waals surface area contributed by atoms with Crippen molar-refractivity contribution in [3.63, 3.8) is 0 Å². The molecule has 0 spiro atoms. The second-order valence-electron chi connectivity index (χ2n) is 16.4. The number of esters is 1. The van der Waals surface area contributed by atoms with Crippen LogP contribution in [0.15, 0.2) is 23.2 Å². The van der Waals surface area contributed by atoms with E-state index in [1.807, 2.05) is 0 Å². The molecule has 0 radical (unpaired) electrons. The van der Waals surface area contributed by atoms with E-state index in [0.717, 1.165) is 29.9 Å². The lowest BCUT2D eigenvalue weighted by molar-refractivity contribution is -0.177. The highest BCUT2D eigenvalue weighted by Crippen LogP contribution is 2.68. The fourth-order valence-electron chi connectivity index (χ4n) is 7.44. The normalized spacial score (nSPS) is 34.4. The average Bonchev–Trinajstić information content (AvgIpc) is 3.07. The van der Waals surface area contributed by atoms with Gasteiger partial charge in [0.05, 0.1) is 23.5 Å². The van der Waals surface area contributed by atoms with Gasteiger partial charge in [0.1, 0.15) is 11.0 Å². The number of carbonyl (C=O) groups is 2. The number of rotatable bonds is 6. The maximum Gasteiger partial charge on any atom is 0.320 e. The standard InChI is InChI=1S/C33H56O6Si2/c1-13-37-28(35)33-22(15-14-16-25(33)34)21-24(38-40(9,10)29(2,3)4)27-23(33)17-19-31(8)26(18-20-32(27,31)36)39-41(11,12)30(5,6)7/h18,22-23,36H,13-17,19-21H2,1-12H3/t22-,23-,31+,32-,33+/m0/s1. The first-order valence-corrected chi connectivity index (χ1v) is 21.7. The van der Waals surface area contributed by atoms with Gasteiger partial charge < -0.3 is 18.7 Å². The van der Waals surface area contributed by atoms with E-state index in [0.29, 0.717) is 32.1 Å². The van der Waals surface area contributed by atoms with Gasteiger partial charge in [-0.15, -0.1) is 0 Å². The zero-order valence-electron chi connectivity index (χ0n) is 27.9. The first-order chi connectivity index (χ1) is 18.6. The lowest BCUT2D eigenvalue weighted by Crippen LogP contribution is -2.64. The van der Waals surface area contributed by atoms with E-state index < -0.39 is 45.0 Å². The number of Topliss-reactive ketones (excluding diaryl/α,β-unsaturated/α-hetero) is 1. The van der Waals surface area contributed by atoms with Gasteiger partial charge >= 0.3 is 5.97 Å². The minimum atomic E-state index is -2.30. The van der Waals surface area contributed by atoms with Crippen molar-refractivity contribution in [3.8, 4) is 0 Å². The molecule has 2 fully saturated rings. The van der Waals surface area contributed by atoms with E-state index >= 15 is 0 Å². The summed E-state index contributed by atoms with van der Waals surface area (Å²) in [6.07, 6.45) is 6.14. The molecule has 1 N–H and O–H groups in total. The van der Waals surface area contributed by atoms with Crippen LogP contribution in [-0.2, 0) is 23.2 Å². The quantitative estimate of drug-likeness (QED) is 0.188. The molecule has 4 rings (SSSR count). The SMILES string of the molecule is CCOC(=O)[C@]12C(=O)CCC[C@H]1CC(O[Si](C)(C)C(C)(C)C)=C1[C@@H]2CC[C@]2(C)C(O[Si](C)(C)C(C)(C)C)=CC[C@]12O. The highest BCUT2D eigenvalue weighted by atomic mass is 28.4. The molecule has 0 saturated heterocycles. The van der Waals surface area contributed by atoms with E-state index in [4.69, 9.17) is 13.6 Å². The molecular weight excluding hydrogens is 549 g/mol. The monoisotopic (exact) mass is 604 g/mol. The number of ether oxygens (including phenoxy) is 1. The van der Waals surface area contributed by atoms with Gasteiger partial charge in [-0.1, -0.05) is 41.5 Å². The van der Waals surface area contributed by atoms with E-state index in [1.165, 1.54) is 0 Å². The molecule has 0 amide bonds. The molecular formula is C33H56O6Si2. The second kappa shape index (κ2) is 10.1. The summed E-state index contributed by atoms with van der Waals surface area (Å²) in [5, 5.41) is 13.0. The van der Waals surface area contributed by atoms with Gasteiger partial charge in [0.25, 0.3) is 0 Å². The molecule has 0 aromatic rings. The third kappa shape index (κ3) is 4.73. The molecule has 41 heavy (non-hydrogen) atoms. The maximum atomic E-state index is 14.0. The highest BCUT2D eigenvalue weighted by molar-refractivity contribution is 6.74. The Morgan fingerprint density at radius 2 is 1.61 bits per heavy atom. The first-order valence-electron chi connectivity index (χ1n) is 15.9. The highest BCUT2D eigenvalue weighted by Gasteiger charge is 2.71. The molecule has 0 unspecified atom stereocenters. The Hall–Kier alpha value is -1.39. The molecule has 0 aromatic carbocycles. The number of carbonyl (C=O) groups excluding carboxylic acids is 2. The average molecular weight is 605 g/mol. The number of fused-ring (bicyclic) bond motifs is 5. The van der Waals surface area contributed by atoms with Crippen molar-refractivity contribution in [1.82, 2.24) is 0 Å². The number of allylic oxidation sites excluding steroid dienone is 1. The van der Waals surface area contributed by atoms with Crippen molar-refractivity contribution in [2.45, 2.75) is 142 Å². The third-order valence-electron chi connectivity index (χ3n) is 12.1. The molecule has 4 aliphatic rings. The van der Waals surface area contributed by atoms with E-state index in [1.54, 1.807) is 6.92 Å². The van der Waals surface area contributed by atoms with Crippen molar-refractivity contribution in [2.24, 2.45) is 22.7 Å². The number of aliphatic hydroxyl groups is 1. The Kier molecular flexibility index (Phi) is 8.00. The number of hydrogen-bond acceptors (Lipinski definition) is 6. The molecule has 0 bridgehead atoms. The zero-order valence-corrected chi connectivity index (χ0v) is 29.9. The van der Waals surface area contributed by atoms with Gasteiger partial charge in [-0.25, -0.2) is 0 Å². The van der Waals surface area contributed by atoms with Gasteiger partial charge in [0.15, 0.2) is 5.78 Å². The van der Waals surface area contributed by atoms with E-state index in [-0.39, 0.29) is 28.4 Å². The largest absolute Gasteiger partial charge is 0.546 e. The minimum absolute atomic E-state index is 0.0124. The first kappa shape index (κ1) is 32.5. The summed E-state index contributed by atoms with van der Waals surface area (Å²) >= 11 is 0. The van der Waals surface area contributed by atoms with E-state index in [9.17, 15) is 14.7 Å². The van der Waals surface area contributed by atoms with Crippen LogP contribution in [0.3, 0.4) is 0 Å². The molecule has 8 heteroatoms. The van der Waals surface area contributed by atoms with Gasteiger partial charge in [0.2, 0.25) is 16.6 Å². The summed E-state index contributed by atoms with van der Waals surface area (Å²) in [6.45, 7) is 26.5. The van der Waals surface area contributed by atoms with Crippen LogP contribution in [0, 0.1) is 22.7 Å². The predicted octanol–water partition coefficient (Wildman–Crippen LogP) is 8.04. The van der Waals surface area contributed by atoms with Crippen LogP contribution in [0.5, 0.6) is 0 Å². The molecule has 2 saturated carbocycles. The maximum absolute atomic E-state index is 14.0. The van der Waals surface area contributed by atoms with Crippen molar-refractivity contribution in [1.29, 1.82) is 0 Å². The number of hydrogen-bond donors (Lipinski definition) is 1. The van der Waals surface area contributed by atoms with Crippen molar-refractivity contribution in [2.75, 3.05) is 6.61 Å². The summed E-state index contributed by atoms with van der Waals surface area (Å²) in [4.78, 5) is 28.0. The minimum Gasteiger partial charge on any atom is -0.546 e. The summed E-state index contributed by atoms with van der Waals surface area (Å²) in [5.74, 6) is 0.660. The second-order valence-corrected chi connectivity index (χ2v) is 25.9. The van der Waals surface area contributed by atoms with Crippen LogP contribution < -0.4 is 0 Å². The molecule has 0 heterocycles. The predicted molar refractivity (Wildman–Crippen MR) is 168 cm³/mol. The fourth-order valence-corrected chi connectivity index (χ4v) is 9.72. The van der Waals surface area contributed by atoms with Crippen molar-refractivity contribution < 1.29 is 28.3 Å². The summed E-state index contributed by atoms with van der Waals surface area (Å²) in [6, 6.07) is 0.